The molecule has 0 aliphatic heterocycles. The molecule has 0 spiro atoms. The Bertz CT molecular complexity index is 4270. The summed E-state index contributed by atoms with van der Waals surface area (Å²) in [7, 11) is -2.74. The number of anilines is 3. The molecule has 0 fully saturated rings. The van der Waals surface area contributed by atoms with Crippen molar-refractivity contribution in [1.82, 2.24) is 4.57 Å². The van der Waals surface area contributed by atoms with Crippen molar-refractivity contribution in [3.8, 4) is 27.9 Å². The number of benzene rings is 13. The lowest BCUT2D eigenvalue weighted by molar-refractivity contribution is 1.20. The summed E-state index contributed by atoms with van der Waals surface area (Å²) in [6.45, 7) is 0. The Hall–Kier alpha value is -9.54. The molecule has 352 valence electrons. The number of rotatable bonds is 10. The second-order valence-corrected chi connectivity index (χ2v) is 23.4. The molecule has 1 heterocycles. The SMILES string of the molecule is c1ccc([Si](c2ccccc2)(c2ccccc2)c2ccc(N(c3ccc(-c4cccc5ccccc45)cc3)c3ccc(-c4cccc5c4c4ccccc4n5-c4cc5ccccc5c5ccccc45)cc3)cc2)cc1. The van der Waals surface area contributed by atoms with Crippen LogP contribution >= 0.6 is 0 Å². The molecule has 0 bridgehead atoms. The van der Waals surface area contributed by atoms with E-state index in [0.717, 1.165) is 17.1 Å². The van der Waals surface area contributed by atoms with E-state index in [1.807, 2.05) is 0 Å². The Balaban J connectivity index is 0.917. The van der Waals surface area contributed by atoms with Crippen molar-refractivity contribution in [1.29, 1.82) is 0 Å². The van der Waals surface area contributed by atoms with E-state index in [-0.39, 0.29) is 0 Å². The molecule has 13 aromatic carbocycles. The lowest BCUT2D eigenvalue weighted by atomic mass is 9.97. The van der Waals surface area contributed by atoms with Crippen LogP contribution in [0.2, 0.25) is 0 Å². The van der Waals surface area contributed by atoms with E-state index in [2.05, 4.69) is 313 Å². The average molecular weight is 971 g/mol. The standard InChI is InChI=1S/C72H50N2Si/c1-4-23-58(24-5-1)75(59-25-6-2-7-26-59,60-27-8-3-9-28-60)61-48-46-57(47-49-61)73(55-42-38-52(39-43-55)63-34-18-22-51-20-10-12-29-62(51)63)56-44-40-53(41-45-56)65-35-19-37-70-72(65)68-33-16-17-36-69(68)74(70)71-50-54-21-11-13-30-64(54)66-31-14-15-32-67(66)71/h1-50H. The molecule has 0 N–H and O–H groups in total. The second-order valence-electron chi connectivity index (χ2n) is 19.6. The quantitative estimate of drug-likeness (QED) is 0.0753. The van der Waals surface area contributed by atoms with Gasteiger partial charge in [0.15, 0.2) is 8.07 Å². The summed E-state index contributed by atoms with van der Waals surface area (Å²) < 4.78 is 2.48. The lowest BCUT2D eigenvalue weighted by Gasteiger charge is -2.35. The molecule has 0 aliphatic carbocycles. The van der Waals surface area contributed by atoms with Crippen molar-refractivity contribution in [3.05, 3.63) is 303 Å². The van der Waals surface area contributed by atoms with Gasteiger partial charge in [0, 0.05) is 33.2 Å². The van der Waals surface area contributed by atoms with Crippen LogP contribution < -0.4 is 25.6 Å². The lowest BCUT2D eigenvalue weighted by Crippen LogP contribution is -2.74. The van der Waals surface area contributed by atoms with E-state index in [1.165, 1.54) is 103 Å². The summed E-state index contributed by atoms with van der Waals surface area (Å²) in [6.07, 6.45) is 0. The second kappa shape index (κ2) is 18.5. The van der Waals surface area contributed by atoms with Gasteiger partial charge in [0.2, 0.25) is 0 Å². The van der Waals surface area contributed by atoms with Crippen molar-refractivity contribution in [2.75, 3.05) is 4.90 Å². The van der Waals surface area contributed by atoms with Crippen LogP contribution in [0.25, 0.3) is 82.1 Å². The summed E-state index contributed by atoms with van der Waals surface area (Å²) in [4.78, 5) is 2.41. The van der Waals surface area contributed by atoms with Gasteiger partial charge in [0.05, 0.1) is 16.7 Å². The molecule has 14 rings (SSSR count). The fourth-order valence-electron chi connectivity index (χ4n) is 12.2. The molecule has 0 saturated heterocycles. The van der Waals surface area contributed by atoms with Crippen LogP contribution in [0.1, 0.15) is 0 Å². The van der Waals surface area contributed by atoms with Gasteiger partial charge >= 0.3 is 0 Å². The molecular weight excluding hydrogens is 921 g/mol. The third-order valence-electron chi connectivity index (χ3n) is 15.5. The highest BCUT2D eigenvalue weighted by atomic mass is 28.3. The Kier molecular flexibility index (Phi) is 10.9. The highest BCUT2D eigenvalue weighted by Gasteiger charge is 2.41. The number of nitrogens with zero attached hydrogens (tertiary/aromatic N) is 2. The maximum atomic E-state index is 2.48. The first-order valence-corrected chi connectivity index (χ1v) is 27.9. The van der Waals surface area contributed by atoms with Crippen LogP contribution in [-0.2, 0) is 0 Å². The van der Waals surface area contributed by atoms with Crippen LogP contribution in [0.3, 0.4) is 0 Å². The summed E-state index contributed by atoms with van der Waals surface area (Å²) >= 11 is 0. The maximum absolute atomic E-state index is 2.74. The highest BCUT2D eigenvalue weighted by Crippen LogP contribution is 2.43. The molecule has 3 heteroatoms. The third-order valence-corrected chi connectivity index (χ3v) is 20.3. The topological polar surface area (TPSA) is 8.17 Å². The van der Waals surface area contributed by atoms with Gasteiger partial charge in [0.1, 0.15) is 0 Å². The summed E-state index contributed by atoms with van der Waals surface area (Å²) in [5, 5.41) is 15.4. The molecule has 0 amide bonds. The molecule has 2 nitrogen and oxygen atoms in total. The minimum atomic E-state index is -2.74. The minimum Gasteiger partial charge on any atom is -0.311 e. The number of hydrogen-bond donors (Lipinski definition) is 0. The number of fused-ring (bicyclic) bond motifs is 7. The molecule has 75 heavy (non-hydrogen) atoms. The van der Waals surface area contributed by atoms with Crippen molar-refractivity contribution < 1.29 is 0 Å². The van der Waals surface area contributed by atoms with E-state index in [9.17, 15) is 0 Å². The summed E-state index contributed by atoms with van der Waals surface area (Å²) in [5.41, 5.74) is 11.6. The summed E-state index contributed by atoms with van der Waals surface area (Å²) in [5.74, 6) is 0. The fraction of sp³-hybridized carbons (Fsp3) is 0. The highest BCUT2D eigenvalue weighted by molar-refractivity contribution is 7.19. The van der Waals surface area contributed by atoms with Crippen molar-refractivity contribution in [2.45, 2.75) is 0 Å². The number of hydrogen-bond acceptors (Lipinski definition) is 1. The smallest absolute Gasteiger partial charge is 0.179 e. The van der Waals surface area contributed by atoms with Gasteiger partial charge in [-0.1, -0.05) is 249 Å². The average Bonchev–Trinajstić information content (AvgIpc) is 3.87. The molecule has 1 aromatic heterocycles. The molecular formula is C72H50N2Si. The van der Waals surface area contributed by atoms with Gasteiger partial charge in [-0.2, -0.15) is 0 Å². The molecule has 0 saturated carbocycles. The van der Waals surface area contributed by atoms with Crippen molar-refractivity contribution in [3.63, 3.8) is 0 Å². The van der Waals surface area contributed by atoms with E-state index < -0.39 is 8.07 Å². The fourth-order valence-corrected chi connectivity index (χ4v) is 16.9. The Morgan fingerprint density at radius 2 is 0.680 bits per heavy atom. The first kappa shape index (κ1) is 44.2. The van der Waals surface area contributed by atoms with Crippen LogP contribution in [0.5, 0.6) is 0 Å². The normalized spacial score (nSPS) is 11.7. The van der Waals surface area contributed by atoms with Gasteiger partial charge in [0.25, 0.3) is 0 Å². The van der Waals surface area contributed by atoms with Gasteiger partial charge in [-0.05, 0) is 125 Å². The monoisotopic (exact) mass is 970 g/mol. The zero-order valence-electron chi connectivity index (χ0n) is 41.3. The first-order chi connectivity index (χ1) is 37.2. The minimum absolute atomic E-state index is 1.08. The van der Waals surface area contributed by atoms with Gasteiger partial charge in [-0.15, -0.1) is 0 Å². The van der Waals surface area contributed by atoms with Gasteiger partial charge in [-0.3, -0.25) is 0 Å². The predicted molar refractivity (Wildman–Crippen MR) is 322 cm³/mol. The number of para-hydroxylation sites is 1. The van der Waals surface area contributed by atoms with Crippen LogP contribution in [0.15, 0.2) is 303 Å². The largest absolute Gasteiger partial charge is 0.311 e. The zero-order chi connectivity index (χ0) is 49.7. The van der Waals surface area contributed by atoms with Crippen LogP contribution in [0.4, 0.5) is 17.1 Å². The van der Waals surface area contributed by atoms with E-state index >= 15 is 0 Å². The Labute approximate surface area is 438 Å². The maximum Gasteiger partial charge on any atom is 0.179 e. The number of aromatic nitrogens is 1. The van der Waals surface area contributed by atoms with Crippen molar-refractivity contribution in [2.24, 2.45) is 0 Å². The van der Waals surface area contributed by atoms with Gasteiger partial charge < -0.3 is 9.47 Å². The third kappa shape index (κ3) is 7.39. The van der Waals surface area contributed by atoms with E-state index in [0.29, 0.717) is 0 Å². The molecule has 0 radical (unpaired) electrons. The molecule has 0 unspecified atom stereocenters. The Morgan fingerprint density at radius 3 is 1.29 bits per heavy atom. The van der Waals surface area contributed by atoms with Crippen molar-refractivity contribution >= 4 is 100 Å². The zero-order valence-corrected chi connectivity index (χ0v) is 42.3. The van der Waals surface area contributed by atoms with Crippen LogP contribution in [-0.4, -0.2) is 12.6 Å². The summed E-state index contributed by atoms with van der Waals surface area (Å²) in [6, 6.07) is 112. The first-order valence-electron chi connectivity index (χ1n) is 25.9. The predicted octanol–water partition coefficient (Wildman–Crippen LogP) is 16.4. The van der Waals surface area contributed by atoms with Crippen LogP contribution in [0, 0.1) is 0 Å². The van der Waals surface area contributed by atoms with E-state index in [4.69, 9.17) is 0 Å². The van der Waals surface area contributed by atoms with Gasteiger partial charge in [-0.25, -0.2) is 0 Å². The van der Waals surface area contributed by atoms with E-state index in [1.54, 1.807) is 0 Å². The Morgan fingerprint density at radius 1 is 0.267 bits per heavy atom. The molecule has 14 aromatic rings. The molecule has 0 atom stereocenters. The molecule has 0 aliphatic rings.